The molecular weight excluding hydrogens is 402 g/mol. The quantitative estimate of drug-likeness (QED) is 0.707. The second-order valence-corrected chi connectivity index (χ2v) is 10.1. The summed E-state index contributed by atoms with van der Waals surface area (Å²) >= 11 is 8.97. The van der Waals surface area contributed by atoms with Crippen molar-refractivity contribution in [1.29, 1.82) is 0 Å². The minimum atomic E-state index is -3.71. The van der Waals surface area contributed by atoms with Crippen molar-refractivity contribution in [2.75, 3.05) is 24.6 Å². The van der Waals surface area contributed by atoms with Gasteiger partial charge in [0.15, 0.2) is 9.84 Å². The maximum absolute atomic E-state index is 12.6. The van der Waals surface area contributed by atoms with Gasteiger partial charge in [0.25, 0.3) is 0 Å². The molecule has 1 aliphatic heterocycles. The lowest BCUT2D eigenvalue weighted by atomic mass is 10.2. The highest BCUT2D eigenvalue weighted by molar-refractivity contribution is 9.10. The molecule has 2 rings (SSSR count). The van der Waals surface area contributed by atoms with E-state index in [0.717, 1.165) is 5.56 Å². The highest BCUT2D eigenvalue weighted by Crippen LogP contribution is 2.27. The summed E-state index contributed by atoms with van der Waals surface area (Å²) in [5.74, 6) is 0.190. The van der Waals surface area contributed by atoms with Crippen LogP contribution in [0.1, 0.15) is 12.0 Å². The molecule has 0 bridgehead atoms. The molecule has 0 saturated carbocycles. The van der Waals surface area contributed by atoms with Crippen LogP contribution < -0.4 is 0 Å². The highest BCUT2D eigenvalue weighted by atomic mass is 79.9. The van der Waals surface area contributed by atoms with Crippen LogP contribution in [0.3, 0.4) is 0 Å². The Bertz CT molecular complexity index is 734. The number of alkyl halides is 1. The number of hydrogen-bond donors (Lipinski definition) is 0. The number of rotatable bonds is 3. The van der Waals surface area contributed by atoms with Gasteiger partial charge < -0.3 is 0 Å². The third-order valence-corrected chi connectivity index (χ3v) is 8.18. The number of sulfone groups is 1. The minimum Gasteiger partial charge on any atom is -0.229 e. The van der Waals surface area contributed by atoms with Crippen LogP contribution in [0.25, 0.3) is 0 Å². The average Bonchev–Trinajstić information content (AvgIpc) is 2.59. The molecule has 1 saturated heterocycles. The van der Waals surface area contributed by atoms with Crippen molar-refractivity contribution in [3.8, 4) is 0 Å². The van der Waals surface area contributed by atoms with Gasteiger partial charge >= 0.3 is 0 Å². The lowest BCUT2D eigenvalue weighted by molar-refractivity contribution is 0.434. The van der Waals surface area contributed by atoms with Gasteiger partial charge in [0, 0.05) is 23.4 Å². The van der Waals surface area contributed by atoms with Crippen LogP contribution >= 0.6 is 27.5 Å². The van der Waals surface area contributed by atoms with Gasteiger partial charge in [-0.05, 0) is 40.0 Å². The Kier molecular flexibility index (Phi) is 5.36. The molecule has 1 aliphatic rings. The number of sulfonamides is 1. The Balaban J connectivity index is 2.34. The molecular formula is C12H15BrClNO4S2. The smallest absolute Gasteiger partial charge is 0.229 e. The first kappa shape index (κ1) is 17.2. The van der Waals surface area contributed by atoms with Gasteiger partial charge in [-0.25, -0.2) is 16.8 Å². The van der Waals surface area contributed by atoms with Gasteiger partial charge in [0.2, 0.25) is 10.0 Å². The van der Waals surface area contributed by atoms with Gasteiger partial charge in [0.05, 0.1) is 16.4 Å². The SMILES string of the molecule is O=S1(=O)CCCN(S(=O)(=O)c2ccc(CCl)cc2Br)CC1. The average molecular weight is 417 g/mol. The molecule has 21 heavy (non-hydrogen) atoms. The van der Waals surface area contributed by atoms with Gasteiger partial charge in [-0.15, -0.1) is 11.6 Å². The number of halogens is 2. The second kappa shape index (κ2) is 6.54. The molecule has 1 heterocycles. The second-order valence-electron chi connectivity index (χ2n) is 4.81. The van der Waals surface area contributed by atoms with Gasteiger partial charge in [0.1, 0.15) is 0 Å². The van der Waals surface area contributed by atoms with E-state index in [1.807, 2.05) is 0 Å². The van der Waals surface area contributed by atoms with E-state index in [1.165, 1.54) is 10.4 Å². The van der Waals surface area contributed by atoms with Crippen molar-refractivity contribution in [2.45, 2.75) is 17.2 Å². The molecule has 9 heteroatoms. The van der Waals surface area contributed by atoms with Crippen LogP contribution in [0.4, 0.5) is 0 Å². The predicted octanol–water partition coefficient (Wildman–Crippen LogP) is 2.00. The normalized spacial score (nSPS) is 20.1. The van der Waals surface area contributed by atoms with E-state index in [2.05, 4.69) is 15.9 Å². The summed E-state index contributed by atoms with van der Waals surface area (Å²) in [7, 11) is -6.86. The number of hydrogen-bond acceptors (Lipinski definition) is 4. The highest BCUT2D eigenvalue weighted by Gasteiger charge is 2.30. The number of benzene rings is 1. The van der Waals surface area contributed by atoms with Crippen molar-refractivity contribution in [1.82, 2.24) is 4.31 Å². The van der Waals surface area contributed by atoms with Crippen molar-refractivity contribution in [3.05, 3.63) is 28.2 Å². The van der Waals surface area contributed by atoms with E-state index in [-0.39, 0.29) is 29.5 Å². The first-order chi connectivity index (χ1) is 9.76. The van der Waals surface area contributed by atoms with Crippen molar-refractivity contribution in [2.24, 2.45) is 0 Å². The Morgan fingerprint density at radius 2 is 1.95 bits per heavy atom. The fourth-order valence-electron chi connectivity index (χ4n) is 2.13. The van der Waals surface area contributed by atoms with E-state index in [9.17, 15) is 16.8 Å². The monoisotopic (exact) mass is 415 g/mol. The summed E-state index contributed by atoms with van der Waals surface area (Å²) in [6.07, 6.45) is 0.318. The zero-order valence-electron chi connectivity index (χ0n) is 11.1. The Hall–Kier alpha value is -0.150. The topological polar surface area (TPSA) is 71.5 Å². The molecule has 0 aliphatic carbocycles. The van der Waals surface area contributed by atoms with Crippen molar-refractivity contribution in [3.63, 3.8) is 0 Å². The first-order valence-corrected chi connectivity index (χ1v) is 10.9. The Morgan fingerprint density at radius 3 is 2.57 bits per heavy atom. The molecule has 1 aromatic rings. The van der Waals surface area contributed by atoms with Crippen LogP contribution in [0.2, 0.25) is 0 Å². The zero-order valence-corrected chi connectivity index (χ0v) is 15.1. The fourth-order valence-corrected chi connectivity index (χ4v) is 6.25. The molecule has 5 nitrogen and oxygen atoms in total. The molecule has 118 valence electrons. The summed E-state index contributed by atoms with van der Waals surface area (Å²) < 4.78 is 50.1. The molecule has 0 aromatic heterocycles. The maximum Gasteiger partial charge on any atom is 0.244 e. The Labute approximate surface area is 138 Å². The molecule has 0 radical (unpaired) electrons. The van der Waals surface area contributed by atoms with Crippen molar-refractivity contribution < 1.29 is 16.8 Å². The number of nitrogens with zero attached hydrogens (tertiary/aromatic N) is 1. The van der Waals surface area contributed by atoms with Gasteiger partial charge in [-0.1, -0.05) is 6.07 Å². The Morgan fingerprint density at radius 1 is 1.24 bits per heavy atom. The van der Waals surface area contributed by atoms with Crippen LogP contribution in [0.5, 0.6) is 0 Å². The van der Waals surface area contributed by atoms with E-state index < -0.39 is 19.9 Å². The predicted molar refractivity (Wildman–Crippen MR) is 85.7 cm³/mol. The van der Waals surface area contributed by atoms with Gasteiger partial charge in [-0.3, -0.25) is 0 Å². The van der Waals surface area contributed by atoms with Gasteiger partial charge in [-0.2, -0.15) is 4.31 Å². The third-order valence-electron chi connectivity index (χ3n) is 3.28. The molecule has 1 aromatic carbocycles. The summed E-state index contributed by atoms with van der Waals surface area (Å²) in [6, 6.07) is 4.81. The van der Waals surface area contributed by atoms with Crippen LogP contribution in [0.15, 0.2) is 27.6 Å². The van der Waals surface area contributed by atoms with Crippen LogP contribution in [0, 0.1) is 0 Å². The molecule has 0 spiro atoms. The molecule has 0 amide bonds. The molecule has 0 atom stereocenters. The molecule has 0 N–H and O–H groups in total. The van der Waals surface area contributed by atoms with E-state index in [1.54, 1.807) is 12.1 Å². The largest absolute Gasteiger partial charge is 0.244 e. The maximum atomic E-state index is 12.6. The molecule has 0 unspecified atom stereocenters. The van der Waals surface area contributed by atoms with Crippen molar-refractivity contribution >= 4 is 47.4 Å². The lowest BCUT2D eigenvalue weighted by Crippen LogP contribution is -2.33. The summed E-state index contributed by atoms with van der Waals surface area (Å²) in [5.41, 5.74) is 0.806. The first-order valence-electron chi connectivity index (χ1n) is 6.31. The summed E-state index contributed by atoms with van der Waals surface area (Å²) in [4.78, 5) is 0.135. The van der Waals surface area contributed by atoms with E-state index in [0.29, 0.717) is 16.8 Å². The molecule has 1 fully saturated rings. The van der Waals surface area contributed by atoms with E-state index >= 15 is 0 Å². The standard InChI is InChI=1S/C12H15BrClNO4S2/c13-11-8-10(9-14)2-3-12(11)21(18,19)15-4-1-6-20(16,17)7-5-15/h2-3,8H,1,4-7,9H2. The van der Waals surface area contributed by atoms with Crippen LogP contribution in [-0.2, 0) is 25.7 Å². The fraction of sp³-hybridized carbons (Fsp3) is 0.500. The minimum absolute atomic E-state index is 0.00559. The van der Waals surface area contributed by atoms with E-state index in [4.69, 9.17) is 11.6 Å². The third kappa shape index (κ3) is 3.98. The van der Waals surface area contributed by atoms with Crippen LogP contribution in [-0.4, -0.2) is 45.7 Å². The summed E-state index contributed by atoms with van der Waals surface area (Å²) in [6.45, 7) is 0.208. The lowest BCUT2D eigenvalue weighted by Gasteiger charge is -2.20. The zero-order chi connectivity index (χ0) is 15.7. The summed E-state index contributed by atoms with van der Waals surface area (Å²) in [5, 5.41) is 0.